The van der Waals surface area contributed by atoms with Crippen LogP contribution in [0.5, 0.6) is 0 Å². The SMILES string of the molecule is O=[N+]([O-])[O-].O=[N+]([O-])[O-].O=[N+]([O-])[O-].O=[N+]([O-])[O-].[SiH4].[Zr+4]. The Morgan fingerprint density at radius 2 is 0.444 bits per heavy atom. The van der Waals surface area contributed by atoms with Crippen LogP contribution in [0, 0.1) is 61.3 Å². The van der Waals surface area contributed by atoms with Gasteiger partial charge in [-0.05, 0) is 11.0 Å². The Morgan fingerprint density at radius 1 is 0.444 bits per heavy atom. The summed E-state index contributed by atoms with van der Waals surface area (Å²) in [5.74, 6) is 0. The quantitative estimate of drug-likeness (QED) is 0.244. The van der Waals surface area contributed by atoms with Crippen molar-refractivity contribution >= 4 is 11.0 Å². The molecule has 0 saturated carbocycles. The molecule has 0 N–H and O–H groups in total. The van der Waals surface area contributed by atoms with E-state index in [9.17, 15) is 0 Å². The van der Waals surface area contributed by atoms with Crippen molar-refractivity contribution in [3.05, 3.63) is 61.3 Å². The van der Waals surface area contributed by atoms with Gasteiger partial charge in [-0.1, -0.05) is 0 Å². The van der Waals surface area contributed by atoms with Gasteiger partial charge in [-0.3, -0.25) is 0 Å². The summed E-state index contributed by atoms with van der Waals surface area (Å²) in [6.07, 6.45) is 0. The second-order valence-corrected chi connectivity index (χ2v) is 0.894. The summed E-state index contributed by atoms with van der Waals surface area (Å²) < 4.78 is 0. The molecule has 0 unspecified atom stereocenters. The van der Waals surface area contributed by atoms with Crippen LogP contribution in [-0.4, -0.2) is 31.3 Å². The Kier molecular flexibility index (Phi) is 58.8. The van der Waals surface area contributed by atoms with E-state index < -0.39 is 20.3 Å². The molecule has 18 heteroatoms. The molecule has 0 aromatic heterocycles. The first-order valence-electron chi connectivity index (χ1n) is 2.19. The predicted molar refractivity (Wildman–Crippen MR) is 52.8 cm³/mol. The molecule has 0 aromatic carbocycles. The van der Waals surface area contributed by atoms with Crippen molar-refractivity contribution in [1.29, 1.82) is 0 Å². The largest absolute Gasteiger partial charge is 4.00 e. The third-order valence-corrected chi connectivity index (χ3v) is 0. The van der Waals surface area contributed by atoms with Gasteiger partial charge < -0.3 is 61.3 Å². The van der Waals surface area contributed by atoms with E-state index in [1.54, 1.807) is 0 Å². The zero-order valence-corrected chi connectivity index (χ0v) is 9.65. The topological polar surface area (TPSA) is 265 Å². The molecule has 0 amide bonds. The number of nitrogens with zero attached hydrogens (tertiary/aromatic N) is 4. The molecule has 0 spiro atoms. The monoisotopic (exact) mass is 370 g/mol. The minimum Gasteiger partial charge on any atom is -0.356 e. The smallest absolute Gasteiger partial charge is 0.356 e. The van der Waals surface area contributed by atoms with Gasteiger partial charge in [0.2, 0.25) is 0 Å². The van der Waals surface area contributed by atoms with Gasteiger partial charge in [0.1, 0.15) is 0 Å². The Labute approximate surface area is 119 Å². The summed E-state index contributed by atoms with van der Waals surface area (Å²) in [5.41, 5.74) is 0. The molecule has 0 aliphatic heterocycles. The first-order chi connectivity index (χ1) is 6.93. The predicted octanol–water partition coefficient (Wildman–Crippen LogP) is -2.41. The van der Waals surface area contributed by atoms with Crippen molar-refractivity contribution in [2.45, 2.75) is 0 Å². The van der Waals surface area contributed by atoms with Crippen LogP contribution in [0.15, 0.2) is 0 Å². The normalized spacial score (nSPS) is 5.33. The zero-order valence-electron chi connectivity index (χ0n) is 7.19. The van der Waals surface area contributed by atoms with Gasteiger partial charge in [0.15, 0.2) is 0 Å². The summed E-state index contributed by atoms with van der Waals surface area (Å²) in [6, 6.07) is 0. The molecule has 0 rings (SSSR count). The Morgan fingerprint density at radius 3 is 0.444 bits per heavy atom. The number of hydrogen-bond donors (Lipinski definition) is 0. The molecule has 104 valence electrons. The Balaban J connectivity index is -0.0000000257. The maximum absolute atomic E-state index is 8.25. The molecule has 0 heterocycles. The van der Waals surface area contributed by atoms with Crippen molar-refractivity contribution in [3.63, 3.8) is 0 Å². The van der Waals surface area contributed by atoms with Crippen molar-refractivity contribution < 1.29 is 46.5 Å². The molecule has 0 aliphatic rings. The minimum atomic E-state index is -1.75. The van der Waals surface area contributed by atoms with Crippen molar-refractivity contribution in [2.24, 2.45) is 0 Å². The summed E-state index contributed by atoms with van der Waals surface area (Å²) in [7, 11) is 0. The third kappa shape index (κ3) is 525. The van der Waals surface area contributed by atoms with Gasteiger partial charge in [-0.2, -0.15) is 0 Å². The van der Waals surface area contributed by atoms with Gasteiger partial charge in [-0.15, -0.1) is 0 Å². The van der Waals surface area contributed by atoms with Gasteiger partial charge in [0, 0.05) is 0 Å². The molecule has 16 nitrogen and oxygen atoms in total. The number of rotatable bonds is 0. The molecule has 0 aromatic rings. The maximum atomic E-state index is 8.25. The van der Waals surface area contributed by atoms with E-state index in [-0.39, 0.29) is 37.2 Å². The summed E-state index contributed by atoms with van der Waals surface area (Å²) >= 11 is 0. The van der Waals surface area contributed by atoms with E-state index in [0.29, 0.717) is 0 Å². The fourth-order valence-electron chi connectivity index (χ4n) is 0. The fourth-order valence-corrected chi connectivity index (χ4v) is 0. The van der Waals surface area contributed by atoms with Gasteiger partial charge in [-0.25, -0.2) is 0 Å². The van der Waals surface area contributed by atoms with Crippen LogP contribution in [0.1, 0.15) is 0 Å². The van der Waals surface area contributed by atoms with E-state index in [2.05, 4.69) is 0 Å². The molecular weight excluding hydrogens is 367 g/mol. The van der Waals surface area contributed by atoms with Gasteiger partial charge >= 0.3 is 26.2 Å². The van der Waals surface area contributed by atoms with Gasteiger partial charge in [0.25, 0.3) is 0 Å². The molecule has 18 heavy (non-hydrogen) atoms. The molecule has 0 bridgehead atoms. The van der Waals surface area contributed by atoms with Crippen molar-refractivity contribution in [2.75, 3.05) is 0 Å². The van der Waals surface area contributed by atoms with Crippen molar-refractivity contribution in [3.8, 4) is 0 Å². The van der Waals surface area contributed by atoms with Crippen LogP contribution in [0.25, 0.3) is 0 Å². The Hall–Kier alpha value is -2.10. The molecule has 0 fully saturated rings. The van der Waals surface area contributed by atoms with Crippen LogP contribution in [-0.2, 0) is 26.2 Å². The van der Waals surface area contributed by atoms with Crippen LogP contribution in [0.2, 0.25) is 0 Å². The Bertz CT molecular complexity index is 164. The van der Waals surface area contributed by atoms with E-state index >= 15 is 0 Å². The summed E-state index contributed by atoms with van der Waals surface area (Å²) in [5, 5.41) is 59.0. The first kappa shape index (κ1) is 36.0. The van der Waals surface area contributed by atoms with Crippen LogP contribution >= 0.6 is 0 Å². The summed E-state index contributed by atoms with van der Waals surface area (Å²) in [4.78, 5) is 33.0. The average molecular weight is 371 g/mol. The van der Waals surface area contributed by atoms with Crippen LogP contribution < -0.4 is 0 Å². The fraction of sp³-hybridized carbons (Fsp3) is 0. The minimum absolute atomic E-state index is 0. The van der Waals surface area contributed by atoms with E-state index in [4.69, 9.17) is 61.3 Å². The average Bonchev–Trinajstić information content (AvgIpc) is 1.76. The van der Waals surface area contributed by atoms with E-state index in [1.165, 1.54) is 0 Å². The first-order valence-corrected chi connectivity index (χ1v) is 2.19. The van der Waals surface area contributed by atoms with Crippen LogP contribution in [0.3, 0.4) is 0 Å². The molecule has 0 saturated heterocycles. The zero-order chi connectivity index (χ0) is 14.3. The second kappa shape index (κ2) is 29.4. The summed E-state index contributed by atoms with van der Waals surface area (Å²) in [6.45, 7) is 0. The van der Waals surface area contributed by atoms with Gasteiger partial charge in [0.05, 0.1) is 20.3 Å². The van der Waals surface area contributed by atoms with E-state index in [0.717, 1.165) is 0 Å². The molecule has 0 aliphatic carbocycles. The standard InChI is InChI=1S/4NO3.H4Si.Zr/c4*2-1(3)4;;/h;;;;1H4;/q4*-1;;+4. The van der Waals surface area contributed by atoms with Crippen LogP contribution in [0.4, 0.5) is 0 Å². The molecule has 0 atom stereocenters. The second-order valence-electron chi connectivity index (χ2n) is 0.894. The van der Waals surface area contributed by atoms with Crippen molar-refractivity contribution in [1.82, 2.24) is 0 Å². The number of hydrogen-bond acceptors (Lipinski definition) is 12. The third-order valence-electron chi connectivity index (χ3n) is 0. The maximum Gasteiger partial charge on any atom is 4.00 e. The molecule has 0 radical (unpaired) electrons. The van der Waals surface area contributed by atoms with E-state index in [1.807, 2.05) is 0 Å². The molecular formula is H4N4O12SiZr.